The van der Waals surface area contributed by atoms with E-state index in [1.54, 1.807) is 24.3 Å². The molecule has 16 heteroatoms. The average Bonchev–Trinajstić information content (AvgIpc) is 4.03. The summed E-state index contributed by atoms with van der Waals surface area (Å²) in [6.45, 7) is 5.77. The van der Waals surface area contributed by atoms with Crippen LogP contribution in [0.1, 0.15) is 25.0 Å². The van der Waals surface area contributed by atoms with Gasteiger partial charge in [-0.05, 0) is 112 Å². The molecule has 4 heterocycles. The third-order valence-corrected chi connectivity index (χ3v) is 8.56. The fourth-order valence-electron chi connectivity index (χ4n) is 6.13. The van der Waals surface area contributed by atoms with Crippen molar-refractivity contribution in [3.05, 3.63) is 132 Å². The maximum atomic E-state index is 13.1. The normalized spacial score (nSPS) is 10.4. The predicted octanol–water partition coefficient (Wildman–Crippen LogP) is 6.88. The zero-order valence-electron chi connectivity index (χ0n) is 33.8. The van der Waals surface area contributed by atoms with E-state index in [-0.39, 0.29) is 50.5 Å². The Morgan fingerprint density at radius 2 is 0.613 bits per heavy atom. The van der Waals surface area contributed by atoms with Crippen molar-refractivity contribution in [3.8, 4) is 57.3 Å². The molecule has 0 saturated carbocycles. The molecule has 6 aromatic carbocycles. The summed E-state index contributed by atoms with van der Waals surface area (Å²) in [5, 5.41) is 43.9. The average molecular weight is 932 g/mol. The standard InChI is InChI=1S/2C21H14N2O3.2C2H4O2.2Zn/c2*1-12-10-13(20-22-15-6-2-4-8-17(15)25-20)19(24)14(11-12)21-23-16-7-3-5-9-18(16)26-21;2*1-2(3)4;;/h2*2-11,24H,1H3;2*1H3,(H,3,4);;/q;;;;2*+2/p-4. The molecule has 14 nitrogen and oxygen atoms in total. The van der Waals surface area contributed by atoms with Gasteiger partial charge in [-0.25, -0.2) is 19.9 Å². The molecule has 0 aliphatic rings. The largest absolute Gasteiger partial charge is 2.00 e. The second-order valence-corrected chi connectivity index (χ2v) is 13.3. The summed E-state index contributed by atoms with van der Waals surface area (Å²) in [7, 11) is 0. The van der Waals surface area contributed by atoms with Crippen molar-refractivity contribution in [1.29, 1.82) is 0 Å². The van der Waals surface area contributed by atoms with E-state index in [4.69, 9.17) is 37.5 Å². The van der Waals surface area contributed by atoms with Crippen molar-refractivity contribution in [2.24, 2.45) is 0 Å². The molecule has 4 aromatic heterocycles. The van der Waals surface area contributed by atoms with Gasteiger partial charge in [0, 0.05) is 34.2 Å². The van der Waals surface area contributed by atoms with Crippen LogP contribution in [0, 0.1) is 13.8 Å². The van der Waals surface area contributed by atoms with Gasteiger partial charge in [-0.15, -0.1) is 0 Å². The first-order chi connectivity index (χ1) is 28.8. The molecule has 0 aliphatic heterocycles. The molecule has 10 aromatic rings. The van der Waals surface area contributed by atoms with Crippen LogP contribution < -0.4 is 20.4 Å². The minimum Gasteiger partial charge on any atom is -0.871 e. The fourth-order valence-corrected chi connectivity index (χ4v) is 6.13. The maximum absolute atomic E-state index is 13.1. The number of fused-ring (bicyclic) bond motifs is 4. The Bertz CT molecular complexity index is 2630. The molecule has 0 N–H and O–H groups in total. The van der Waals surface area contributed by atoms with E-state index >= 15 is 0 Å². The van der Waals surface area contributed by atoms with E-state index in [0.717, 1.165) is 25.0 Å². The Hall–Kier alpha value is -7.01. The van der Waals surface area contributed by atoms with Gasteiger partial charge in [0.15, 0.2) is 22.3 Å². The molecule has 0 bridgehead atoms. The molecular formula is C46H32N4O10Zn2. The number of para-hydroxylation sites is 8. The van der Waals surface area contributed by atoms with Crippen molar-refractivity contribution in [1.82, 2.24) is 19.9 Å². The summed E-state index contributed by atoms with van der Waals surface area (Å²) >= 11 is 0. The molecule has 0 fully saturated rings. The second kappa shape index (κ2) is 20.0. The molecule has 0 unspecified atom stereocenters. The Balaban J connectivity index is 0.000000195. The van der Waals surface area contributed by atoms with Gasteiger partial charge in [0.05, 0.1) is 0 Å². The first-order valence-corrected chi connectivity index (χ1v) is 18.3. The number of benzene rings is 6. The number of nitrogens with zero attached hydrogens (tertiary/aromatic N) is 4. The smallest absolute Gasteiger partial charge is 0.871 e. The Morgan fingerprint density at radius 3 is 0.806 bits per heavy atom. The van der Waals surface area contributed by atoms with Gasteiger partial charge in [-0.3, -0.25) is 0 Å². The number of rotatable bonds is 4. The fraction of sp³-hybridized carbons (Fsp3) is 0.0870. The third kappa shape index (κ3) is 10.5. The zero-order valence-corrected chi connectivity index (χ0v) is 39.8. The van der Waals surface area contributed by atoms with Crippen molar-refractivity contribution < 1.29 is 86.6 Å². The number of aromatic nitrogens is 4. The molecular weight excluding hydrogens is 899 g/mol. The van der Waals surface area contributed by atoms with Crippen LogP contribution in [0.25, 0.3) is 90.2 Å². The number of hydrogen-bond donors (Lipinski definition) is 0. The van der Waals surface area contributed by atoms with E-state index in [1.807, 2.05) is 111 Å². The van der Waals surface area contributed by atoms with E-state index in [0.29, 0.717) is 90.2 Å². The quantitative estimate of drug-likeness (QED) is 0.164. The van der Waals surface area contributed by atoms with Gasteiger partial charge in [-0.2, -0.15) is 0 Å². The molecule has 0 radical (unpaired) electrons. The first kappa shape index (κ1) is 46.1. The maximum Gasteiger partial charge on any atom is 2.00 e. The summed E-state index contributed by atoms with van der Waals surface area (Å²) in [6, 6.07) is 36.8. The number of aliphatic carboxylic acids is 2. The van der Waals surface area contributed by atoms with Gasteiger partial charge >= 0.3 is 39.0 Å². The van der Waals surface area contributed by atoms with Crippen molar-refractivity contribution in [2.45, 2.75) is 27.7 Å². The summed E-state index contributed by atoms with van der Waals surface area (Å²) < 4.78 is 23.1. The second-order valence-electron chi connectivity index (χ2n) is 13.3. The number of aryl methyl sites for hydroxylation is 2. The van der Waals surface area contributed by atoms with Crippen LogP contribution in [0.4, 0.5) is 0 Å². The Morgan fingerprint density at radius 1 is 0.419 bits per heavy atom. The number of oxazole rings is 4. The van der Waals surface area contributed by atoms with Crippen LogP contribution in [-0.4, -0.2) is 31.9 Å². The first-order valence-electron chi connectivity index (χ1n) is 18.3. The Kier molecular flexibility index (Phi) is 14.9. The molecule has 300 valence electrons. The van der Waals surface area contributed by atoms with E-state index < -0.39 is 11.9 Å². The monoisotopic (exact) mass is 928 g/mol. The van der Waals surface area contributed by atoms with Crippen LogP contribution in [0.2, 0.25) is 0 Å². The van der Waals surface area contributed by atoms with Crippen molar-refractivity contribution in [2.75, 3.05) is 0 Å². The molecule has 10 rings (SSSR count). The topological polar surface area (TPSA) is 230 Å². The minimum absolute atomic E-state index is 0. The van der Waals surface area contributed by atoms with Gasteiger partial charge in [0.25, 0.3) is 0 Å². The number of carboxylic acids is 2. The van der Waals surface area contributed by atoms with Gasteiger partial charge in [-0.1, -0.05) is 60.0 Å². The number of carbonyl (C=O) groups is 2. The minimum atomic E-state index is -1.08. The van der Waals surface area contributed by atoms with Crippen molar-refractivity contribution in [3.63, 3.8) is 0 Å². The third-order valence-electron chi connectivity index (χ3n) is 8.56. The van der Waals surface area contributed by atoms with E-state index in [9.17, 15) is 10.2 Å². The summed E-state index contributed by atoms with van der Waals surface area (Å²) in [5.41, 5.74) is 8.85. The van der Waals surface area contributed by atoms with Crippen LogP contribution >= 0.6 is 0 Å². The zero-order chi connectivity index (χ0) is 42.5. The van der Waals surface area contributed by atoms with Gasteiger partial charge < -0.3 is 47.7 Å². The molecule has 62 heavy (non-hydrogen) atoms. The number of hydrogen-bond acceptors (Lipinski definition) is 14. The molecule has 0 amide bonds. The molecule has 0 saturated heterocycles. The van der Waals surface area contributed by atoms with Gasteiger partial charge in [0.1, 0.15) is 22.1 Å². The number of carboxylic acid groups (broad SMARTS) is 2. The van der Waals surface area contributed by atoms with Crippen LogP contribution in [-0.2, 0) is 48.5 Å². The van der Waals surface area contributed by atoms with E-state index in [2.05, 4.69) is 19.9 Å². The van der Waals surface area contributed by atoms with Crippen LogP contribution in [0.5, 0.6) is 11.5 Å². The van der Waals surface area contributed by atoms with E-state index in [1.165, 1.54) is 0 Å². The molecule has 0 atom stereocenters. The summed E-state index contributed by atoms with van der Waals surface area (Å²) in [5.74, 6) is -1.38. The summed E-state index contributed by atoms with van der Waals surface area (Å²) in [4.78, 5) is 35.6. The SMILES string of the molecule is CC(=O)[O-].CC(=O)[O-].Cc1cc(-c2nc3ccccc3o2)c([O-])c(-c2nc3ccccc3o2)c1.Cc1cc(-c2nc3ccccc3o2)c([O-])c(-c2nc3ccccc3o2)c1.[Zn+2].[Zn+2]. The van der Waals surface area contributed by atoms with Crippen LogP contribution in [0.15, 0.2) is 139 Å². The van der Waals surface area contributed by atoms with Gasteiger partial charge in [0.2, 0.25) is 23.6 Å². The molecule has 0 spiro atoms. The summed E-state index contributed by atoms with van der Waals surface area (Å²) in [6.07, 6.45) is 0. The van der Waals surface area contributed by atoms with Crippen LogP contribution in [0.3, 0.4) is 0 Å². The Labute approximate surface area is 378 Å². The molecule has 0 aliphatic carbocycles. The number of carbonyl (C=O) groups excluding carboxylic acids is 2. The predicted molar refractivity (Wildman–Crippen MR) is 215 cm³/mol. The van der Waals surface area contributed by atoms with Crippen molar-refractivity contribution >= 4 is 56.3 Å².